The van der Waals surface area contributed by atoms with Crippen LogP contribution in [0.25, 0.3) is 11.0 Å². The third kappa shape index (κ3) is 2.65. The molecular formula is C17H19NOS. The summed E-state index contributed by atoms with van der Waals surface area (Å²) in [6.07, 6.45) is 1.86. The van der Waals surface area contributed by atoms with E-state index in [0.717, 1.165) is 18.7 Å². The molecule has 0 aliphatic rings. The Morgan fingerprint density at radius 3 is 2.80 bits per heavy atom. The maximum atomic E-state index is 5.57. The summed E-state index contributed by atoms with van der Waals surface area (Å²) in [4.78, 5) is 1.42. The molecule has 0 fully saturated rings. The number of nitrogens with one attached hydrogen (secondary N) is 1. The summed E-state index contributed by atoms with van der Waals surface area (Å²) >= 11 is 1.82. The lowest BCUT2D eigenvalue weighted by molar-refractivity contribution is 0.475. The summed E-state index contributed by atoms with van der Waals surface area (Å²) in [5.41, 5.74) is 2.35. The fraction of sp³-hybridized carbons (Fsp3) is 0.294. The molecular weight excluding hydrogens is 266 g/mol. The second-order valence-corrected chi connectivity index (χ2v) is 6.67. The molecule has 3 rings (SSSR count). The SMILES string of the molecule is CC(C)(CNCc1coc2ccccc12)c1cccs1. The topological polar surface area (TPSA) is 25.2 Å². The average molecular weight is 285 g/mol. The molecule has 0 saturated carbocycles. The minimum absolute atomic E-state index is 0.160. The summed E-state index contributed by atoms with van der Waals surface area (Å²) in [6.45, 7) is 6.34. The van der Waals surface area contributed by atoms with E-state index in [1.54, 1.807) is 0 Å². The maximum Gasteiger partial charge on any atom is 0.134 e. The summed E-state index contributed by atoms with van der Waals surface area (Å²) < 4.78 is 5.57. The fourth-order valence-corrected chi connectivity index (χ4v) is 3.28. The number of para-hydroxylation sites is 1. The van der Waals surface area contributed by atoms with Crippen molar-refractivity contribution in [3.8, 4) is 0 Å². The van der Waals surface area contributed by atoms with Gasteiger partial charge in [-0.05, 0) is 17.5 Å². The first-order chi connectivity index (χ1) is 9.67. The van der Waals surface area contributed by atoms with E-state index < -0.39 is 0 Å². The third-order valence-electron chi connectivity index (χ3n) is 3.63. The second-order valence-electron chi connectivity index (χ2n) is 5.72. The van der Waals surface area contributed by atoms with Crippen LogP contribution in [0.5, 0.6) is 0 Å². The van der Waals surface area contributed by atoms with Gasteiger partial charge in [0.15, 0.2) is 0 Å². The van der Waals surface area contributed by atoms with Gasteiger partial charge in [0.25, 0.3) is 0 Å². The van der Waals surface area contributed by atoms with Crippen LogP contribution >= 0.6 is 11.3 Å². The van der Waals surface area contributed by atoms with E-state index in [2.05, 4.69) is 48.8 Å². The molecule has 0 spiro atoms. The Morgan fingerprint density at radius 1 is 1.15 bits per heavy atom. The highest BCUT2D eigenvalue weighted by Gasteiger charge is 2.21. The van der Waals surface area contributed by atoms with E-state index >= 15 is 0 Å². The molecule has 104 valence electrons. The number of benzene rings is 1. The molecule has 0 aliphatic heterocycles. The van der Waals surface area contributed by atoms with Crippen molar-refractivity contribution in [2.45, 2.75) is 25.8 Å². The molecule has 1 aromatic carbocycles. The van der Waals surface area contributed by atoms with Gasteiger partial charge in [0.2, 0.25) is 0 Å². The normalized spacial score (nSPS) is 12.1. The zero-order valence-electron chi connectivity index (χ0n) is 11.8. The van der Waals surface area contributed by atoms with Crippen LogP contribution in [0.15, 0.2) is 52.5 Å². The average Bonchev–Trinajstić information content (AvgIpc) is 3.08. The van der Waals surface area contributed by atoms with Gasteiger partial charge in [-0.25, -0.2) is 0 Å². The van der Waals surface area contributed by atoms with E-state index in [4.69, 9.17) is 4.42 Å². The van der Waals surface area contributed by atoms with Gasteiger partial charge in [0, 0.05) is 34.3 Å². The first-order valence-electron chi connectivity index (χ1n) is 6.87. The molecule has 3 aromatic rings. The van der Waals surface area contributed by atoms with E-state index in [1.807, 2.05) is 29.7 Å². The lowest BCUT2D eigenvalue weighted by Gasteiger charge is -2.23. The smallest absolute Gasteiger partial charge is 0.134 e. The fourth-order valence-electron chi connectivity index (χ4n) is 2.43. The zero-order chi connectivity index (χ0) is 14.0. The Hall–Kier alpha value is -1.58. The molecule has 0 radical (unpaired) electrons. The standard InChI is InChI=1S/C17H19NOS/c1-17(2,16-8-5-9-20-16)12-18-10-13-11-19-15-7-4-3-6-14(13)15/h3-9,11,18H,10,12H2,1-2H3. The molecule has 2 aromatic heterocycles. The Balaban J connectivity index is 1.66. The molecule has 20 heavy (non-hydrogen) atoms. The number of furan rings is 1. The molecule has 0 unspecified atom stereocenters. The number of thiophene rings is 1. The molecule has 0 bridgehead atoms. The number of rotatable bonds is 5. The van der Waals surface area contributed by atoms with Crippen LogP contribution in [0.4, 0.5) is 0 Å². The van der Waals surface area contributed by atoms with Crippen LogP contribution in [0.2, 0.25) is 0 Å². The zero-order valence-corrected chi connectivity index (χ0v) is 12.7. The van der Waals surface area contributed by atoms with Crippen LogP contribution in [-0.2, 0) is 12.0 Å². The quantitative estimate of drug-likeness (QED) is 0.743. The summed E-state index contributed by atoms with van der Waals surface area (Å²) in [5, 5.41) is 6.90. The molecule has 1 N–H and O–H groups in total. The highest BCUT2D eigenvalue weighted by Crippen LogP contribution is 2.27. The van der Waals surface area contributed by atoms with Crippen LogP contribution < -0.4 is 5.32 Å². The molecule has 0 atom stereocenters. The summed E-state index contributed by atoms with van der Waals surface area (Å²) in [6, 6.07) is 12.5. The lowest BCUT2D eigenvalue weighted by atomic mass is 9.91. The van der Waals surface area contributed by atoms with Crippen molar-refractivity contribution in [1.29, 1.82) is 0 Å². The molecule has 2 nitrogen and oxygen atoms in total. The van der Waals surface area contributed by atoms with Gasteiger partial charge in [0.1, 0.15) is 5.58 Å². The Bertz CT molecular complexity index is 682. The van der Waals surface area contributed by atoms with Gasteiger partial charge >= 0.3 is 0 Å². The first kappa shape index (κ1) is 13.4. The number of hydrogen-bond acceptors (Lipinski definition) is 3. The van der Waals surface area contributed by atoms with Gasteiger partial charge in [-0.2, -0.15) is 0 Å². The largest absolute Gasteiger partial charge is 0.464 e. The molecule has 0 aliphatic carbocycles. The van der Waals surface area contributed by atoms with E-state index in [9.17, 15) is 0 Å². The Morgan fingerprint density at radius 2 is 2.00 bits per heavy atom. The van der Waals surface area contributed by atoms with E-state index in [-0.39, 0.29) is 5.41 Å². The van der Waals surface area contributed by atoms with Gasteiger partial charge in [-0.15, -0.1) is 11.3 Å². The van der Waals surface area contributed by atoms with Gasteiger partial charge in [-0.3, -0.25) is 0 Å². The molecule has 2 heterocycles. The van der Waals surface area contributed by atoms with Crippen molar-refractivity contribution in [2.75, 3.05) is 6.54 Å². The summed E-state index contributed by atoms with van der Waals surface area (Å²) in [7, 11) is 0. The predicted octanol–water partition coefficient (Wildman–Crippen LogP) is 4.56. The monoisotopic (exact) mass is 285 g/mol. The first-order valence-corrected chi connectivity index (χ1v) is 7.74. The van der Waals surface area contributed by atoms with Crippen molar-refractivity contribution in [3.63, 3.8) is 0 Å². The van der Waals surface area contributed by atoms with Crippen molar-refractivity contribution in [2.24, 2.45) is 0 Å². The van der Waals surface area contributed by atoms with Crippen molar-refractivity contribution >= 4 is 22.3 Å². The highest BCUT2D eigenvalue weighted by molar-refractivity contribution is 7.10. The number of fused-ring (bicyclic) bond motifs is 1. The van der Waals surface area contributed by atoms with Gasteiger partial charge in [0.05, 0.1) is 6.26 Å². The van der Waals surface area contributed by atoms with Crippen LogP contribution in [0.3, 0.4) is 0 Å². The minimum Gasteiger partial charge on any atom is -0.464 e. The Labute approximate surface area is 123 Å². The lowest BCUT2D eigenvalue weighted by Crippen LogP contribution is -2.31. The van der Waals surface area contributed by atoms with Gasteiger partial charge in [-0.1, -0.05) is 38.1 Å². The van der Waals surface area contributed by atoms with Crippen molar-refractivity contribution < 1.29 is 4.42 Å². The molecule has 0 amide bonds. The maximum absolute atomic E-state index is 5.57. The molecule has 3 heteroatoms. The van der Waals surface area contributed by atoms with Crippen molar-refractivity contribution in [1.82, 2.24) is 5.32 Å². The van der Waals surface area contributed by atoms with Crippen molar-refractivity contribution in [3.05, 3.63) is 58.5 Å². The predicted molar refractivity (Wildman–Crippen MR) is 85.3 cm³/mol. The highest BCUT2D eigenvalue weighted by atomic mass is 32.1. The van der Waals surface area contributed by atoms with Crippen LogP contribution in [0, 0.1) is 0 Å². The van der Waals surface area contributed by atoms with Crippen LogP contribution in [-0.4, -0.2) is 6.54 Å². The third-order valence-corrected chi connectivity index (χ3v) is 4.87. The Kier molecular flexibility index (Phi) is 3.64. The second kappa shape index (κ2) is 5.43. The summed E-state index contributed by atoms with van der Waals surface area (Å²) in [5.74, 6) is 0. The number of hydrogen-bond donors (Lipinski definition) is 1. The minimum atomic E-state index is 0.160. The molecule has 0 saturated heterocycles. The van der Waals surface area contributed by atoms with E-state index in [0.29, 0.717) is 0 Å². The van der Waals surface area contributed by atoms with Crippen LogP contribution in [0.1, 0.15) is 24.3 Å². The van der Waals surface area contributed by atoms with E-state index in [1.165, 1.54) is 15.8 Å². The van der Waals surface area contributed by atoms with Gasteiger partial charge < -0.3 is 9.73 Å².